The highest BCUT2D eigenvalue weighted by Crippen LogP contribution is 2.42. The fourth-order valence-electron chi connectivity index (χ4n) is 4.12. The topological polar surface area (TPSA) is 136 Å². The van der Waals surface area contributed by atoms with Crippen molar-refractivity contribution in [1.82, 2.24) is 0 Å². The maximum absolute atomic E-state index is 13.3. The zero-order chi connectivity index (χ0) is 26.9. The number of Topliss-reactive ketones (excluding diaryl/α,β-unsaturated/α-hetero) is 1. The van der Waals surface area contributed by atoms with Gasteiger partial charge in [0.15, 0.2) is 0 Å². The molecule has 1 atom stereocenters. The molecule has 1 heterocycles. The molecule has 1 aliphatic heterocycles. The van der Waals surface area contributed by atoms with E-state index in [4.69, 9.17) is 14.6 Å². The van der Waals surface area contributed by atoms with E-state index in [1.807, 2.05) is 13.8 Å². The predicted octanol–water partition coefficient (Wildman–Crippen LogP) is 3.76. The summed E-state index contributed by atoms with van der Waals surface area (Å²) in [5.74, 6) is -0.937. The Labute approximate surface area is 214 Å². The van der Waals surface area contributed by atoms with Crippen molar-refractivity contribution in [3.63, 3.8) is 0 Å². The molecular formula is C27H26N2O7S. The van der Waals surface area contributed by atoms with Crippen LogP contribution < -0.4 is 19.5 Å². The molecule has 3 aromatic rings. The van der Waals surface area contributed by atoms with Crippen LogP contribution >= 0.6 is 0 Å². The van der Waals surface area contributed by atoms with Gasteiger partial charge in [-0.15, -0.1) is 0 Å². The number of aliphatic hydroxyl groups is 1. The van der Waals surface area contributed by atoms with Gasteiger partial charge in [0.2, 0.25) is 10.0 Å². The van der Waals surface area contributed by atoms with Crippen molar-refractivity contribution in [2.24, 2.45) is 5.14 Å². The fourth-order valence-corrected chi connectivity index (χ4v) is 4.63. The van der Waals surface area contributed by atoms with Gasteiger partial charge in [0.25, 0.3) is 11.7 Å². The highest BCUT2D eigenvalue weighted by atomic mass is 32.2. The first-order valence-corrected chi connectivity index (χ1v) is 12.9. The van der Waals surface area contributed by atoms with Crippen LogP contribution in [0.25, 0.3) is 5.76 Å². The molecule has 3 aromatic carbocycles. The normalized spacial score (nSPS) is 17.3. The summed E-state index contributed by atoms with van der Waals surface area (Å²) in [5, 5.41) is 16.4. The first-order valence-electron chi connectivity index (χ1n) is 11.4. The Morgan fingerprint density at radius 3 is 2.00 bits per heavy atom. The van der Waals surface area contributed by atoms with Gasteiger partial charge in [-0.05, 0) is 80.1 Å². The van der Waals surface area contributed by atoms with E-state index >= 15 is 0 Å². The Morgan fingerprint density at radius 1 is 0.919 bits per heavy atom. The SMILES string of the molecule is COc1ccc(C2/C(=C(\O)c3ccc(OC(C)C)cc3)C(=O)C(=O)N2c2ccc(S(N)(=O)=O)cc2)cc1. The van der Waals surface area contributed by atoms with E-state index in [1.54, 1.807) is 48.5 Å². The number of hydrogen-bond donors (Lipinski definition) is 2. The number of nitrogens with two attached hydrogens (primary N) is 1. The molecule has 0 saturated carbocycles. The second kappa shape index (κ2) is 10.1. The zero-order valence-corrected chi connectivity index (χ0v) is 21.2. The average Bonchev–Trinajstić information content (AvgIpc) is 3.13. The Bertz CT molecular complexity index is 1460. The number of hydrogen-bond acceptors (Lipinski definition) is 7. The molecule has 192 valence electrons. The molecule has 1 aliphatic rings. The quantitative estimate of drug-likeness (QED) is 0.274. The lowest BCUT2D eigenvalue weighted by Gasteiger charge is -2.25. The molecule has 0 aliphatic carbocycles. The molecule has 0 aromatic heterocycles. The molecule has 0 radical (unpaired) electrons. The Hall–Kier alpha value is -4.15. The summed E-state index contributed by atoms with van der Waals surface area (Å²) in [6.07, 6.45) is -0.0412. The summed E-state index contributed by atoms with van der Waals surface area (Å²) in [6, 6.07) is 17.6. The lowest BCUT2D eigenvalue weighted by Crippen LogP contribution is -2.29. The van der Waals surface area contributed by atoms with E-state index in [2.05, 4.69) is 0 Å². The van der Waals surface area contributed by atoms with Crippen LogP contribution in [-0.4, -0.2) is 38.4 Å². The smallest absolute Gasteiger partial charge is 0.300 e. The van der Waals surface area contributed by atoms with Crippen molar-refractivity contribution >= 4 is 33.2 Å². The summed E-state index contributed by atoms with van der Waals surface area (Å²) in [6.45, 7) is 3.78. The van der Waals surface area contributed by atoms with Crippen LogP contribution in [0.15, 0.2) is 83.3 Å². The minimum atomic E-state index is -3.96. The number of aliphatic hydroxyl groups excluding tert-OH is 1. The van der Waals surface area contributed by atoms with Crippen molar-refractivity contribution in [2.45, 2.75) is 30.9 Å². The van der Waals surface area contributed by atoms with E-state index in [9.17, 15) is 23.1 Å². The minimum absolute atomic E-state index is 0.0412. The number of primary sulfonamides is 1. The number of ketones is 1. The van der Waals surface area contributed by atoms with Crippen LogP contribution in [0.2, 0.25) is 0 Å². The third kappa shape index (κ3) is 5.20. The summed E-state index contributed by atoms with van der Waals surface area (Å²) < 4.78 is 34.2. The van der Waals surface area contributed by atoms with Crippen LogP contribution in [-0.2, 0) is 19.6 Å². The molecule has 0 spiro atoms. The summed E-state index contributed by atoms with van der Waals surface area (Å²) >= 11 is 0. The molecule has 1 saturated heterocycles. The minimum Gasteiger partial charge on any atom is -0.507 e. The number of sulfonamides is 1. The molecule has 1 amide bonds. The van der Waals surface area contributed by atoms with E-state index in [0.717, 1.165) is 0 Å². The van der Waals surface area contributed by atoms with Gasteiger partial charge in [-0.2, -0.15) is 0 Å². The van der Waals surface area contributed by atoms with Crippen molar-refractivity contribution in [1.29, 1.82) is 0 Å². The molecule has 1 fully saturated rings. The Balaban J connectivity index is 1.86. The van der Waals surface area contributed by atoms with Gasteiger partial charge in [-0.25, -0.2) is 13.6 Å². The van der Waals surface area contributed by atoms with E-state index in [-0.39, 0.29) is 28.0 Å². The first kappa shape index (κ1) is 25.9. The zero-order valence-electron chi connectivity index (χ0n) is 20.4. The van der Waals surface area contributed by atoms with Crippen molar-refractivity contribution in [3.8, 4) is 11.5 Å². The Kier molecular flexibility index (Phi) is 7.06. The van der Waals surface area contributed by atoms with Crippen LogP contribution in [0.1, 0.15) is 31.0 Å². The van der Waals surface area contributed by atoms with Gasteiger partial charge in [0.05, 0.1) is 29.7 Å². The molecule has 9 nitrogen and oxygen atoms in total. The van der Waals surface area contributed by atoms with E-state index < -0.39 is 27.8 Å². The number of rotatable bonds is 7. The number of nitrogens with zero attached hydrogens (tertiary/aromatic N) is 1. The highest BCUT2D eigenvalue weighted by molar-refractivity contribution is 7.89. The number of benzene rings is 3. The number of carbonyl (C=O) groups is 2. The van der Waals surface area contributed by atoms with Crippen molar-refractivity contribution < 1.29 is 32.6 Å². The van der Waals surface area contributed by atoms with Gasteiger partial charge in [-0.1, -0.05) is 12.1 Å². The number of carbonyl (C=O) groups excluding carboxylic acids is 2. The van der Waals surface area contributed by atoms with Crippen LogP contribution in [0.5, 0.6) is 11.5 Å². The number of anilines is 1. The second-order valence-electron chi connectivity index (χ2n) is 8.67. The summed E-state index contributed by atoms with van der Waals surface area (Å²) in [5.41, 5.74) is 1.02. The van der Waals surface area contributed by atoms with Gasteiger partial charge in [0.1, 0.15) is 17.3 Å². The van der Waals surface area contributed by atoms with Crippen LogP contribution in [0, 0.1) is 0 Å². The monoisotopic (exact) mass is 522 g/mol. The number of amides is 1. The third-order valence-electron chi connectivity index (χ3n) is 5.82. The number of methoxy groups -OCH3 is 1. The van der Waals surface area contributed by atoms with Crippen LogP contribution in [0.3, 0.4) is 0 Å². The standard InChI is InChI=1S/C27H26N2O7S/c1-16(2)36-21-12-6-18(7-13-21)25(30)23-24(17-4-10-20(35-3)11-5-17)29(27(32)26(23)31)19-8-14-22(15-9-19)37(28,33)34/h4-16,24,30H,1-3H3,(H2,28,33,34)/b25-23+. The average molecular weight is 523 g/mol. The van der Waals surface area contributed by atoms with Gasteiger partial charge in [0, 0.05) is 11.3 Å². The Morgan fingerprint density at radius 2 is 1.49 bits per heavy atom. The van der Waals surface area contributed by atoms with E-state index in [1.165, 1.54) is 36.3 Å². The van der Waals surface area contributed by atoms with Gasteiger partial charge < -0.3 is 14.6 Å². The van der Waals surface area contributed by atoms with Crippen molar-refractivity contribution in [2.75, 3.05) is 12.0 Å². The summed E-state index contributed by atoms with van der Waals surface area (Å²) in [4.78, 5) is 27.6. The van der Waals surface area contributed by atoms with Crippen LogP contribution in [0.4, 0.5) is 5.69 Å². The maximum Gasteiger partial charge on any atom is 0.300 e. The van der Waals surface area contributed by atoms with E-state index in [0.29, 0.717) is 22.6 Å². The highest BCUT2D eigenvalue weighted by Gasteiger charge is 2.47. The molecule has 3 N–H and O–H groups in total. The number of ether oxygens (including phenoxy) is 2. The largest absolute Gasteiger partial charge is 0.507 e. The predicted molar refractivity (Wildman–Crippen MR) is 138 cm³/mol. The summed E-state index contributed by atoms with van der Waals surface area (Å²) in [7, 11) is -2.44. The van der Waals surface area contributed by atoms with Crippen molar-refractivity contribution in [3.05, 3.63) is 89.5 Å². The molecule has 1 unspecified atom stereocenters. The molecule has 0 bridgehead atoms. The molecule has 4 rings (SSSR count). The lowest BCUT2D eigenvalue weighted by atomic mass is 9.95. The first-order chi connectivity index (χ1) is 17.5. The molecule has 10 heteroatoms. The van der Waals surface area contributed by atoms with Gasteiger partial charge >= 0.3 is 0 Å². The molecular weight excluding hydrogens is 496 g/mol. The maximum atomic E-state index is 13.3. The lowest BCUT2D eigenvalue weighted by molar-refractivity contribution is -0.132. The second-order valence-corrected chi connectivity index (χ2v) is 10.2. The van der Waals surface area contributed by atoms with Gasteiger partial charge in [-0.3, -0.25) is 14.5 Å². The third-order valence-corrected chi connectivity index (χ3v) is 6.75. The fraction of sp³-hybridized carbons (Fsp3) is 0.185. The molecule has 37 heavy (non-hydrogen) atoms.